The van der Waals surface area contributed by atoms with Crippen molar-refractivity contribution >= 4 is 28.8 Å². The number of ether oxygens (including phenoxy) is 1. The van der Waals surface area contributed by atoms with Crippen molar-refractivity contribution in [1.29, 1.82) is 0 Å². The Morgan fingerprint density at radius 3 is 3.05 bits per heavy atom. The van der Waals surface area contributed by atoms with Gasteiger partial charge in [-0.2, -0.15) is 0 Å². The Bertz CT molecular complexity index is 598. The Balaban J connectivity index is 2.22. The third-order valence-electron chi connectivity index (χ3n) is 2.61. The van der Waals surface area contributed by atoms with Gasteiger partial charge in [0, 0.05) is 12.7 Å². The van der Waals surface area contributed by atoms with Crippen LogP contribution in [0.2, 0.25) is 0 Å². The van der Waals surface area contributed by atoms with Crippen molar-refractivity contribution in [2.75, 3.05) is 12.4 Å². The monoisotopic (exact) mass is 295 g/mol. The minimum Gasteiger partial charge on any atom is -0.481 e. The number of aliphatic carboxylic acids is 1. The van der Waals surface area contributed by atoms with E-state index in [0.29, 0.717) is 18.3 Å². The van der Waals surface area contributed by atoms with Crippen LogP contribution in [0.5, 0.6) is 0 Å². The van der Waals surface area contributed by atoms with Gasteiger partial charge in [-0.3, -0.25) is 9.78 Å². The second kappa shape index (κ2) is 6.71. The normalized spacial score (nSPS) is 11.3. The molecule has 0 aliphatic heterocycles. The standard InChI is InChI=1S/C13H17N3O3S/c1-9(2)19-6-5-16-11-3-4-14-7-10(11)15-13(16)20-8-12(17)18/h3-4,7,9H,5-6,8H2,1-2H3,(H,17,18). The van der Waals surface area contributed by atoms with Crippen LogP contribution in [0.3, 0.4) is 0 Å². The Morgan fingerprint density at radius 1 is 1.55 bits per heavy atom. The molecule has 0 bridgehead atoms. The molecule has 0 saturated carbocycles. The van der Waals surface area contributed by atoms with E-state index in [-0.39, 0.29) is 11.9 Å². The number of imidazole rings is 1. The van der Waals surface area contributed by atoms with Gasteiger partial charge in [0.25, 0.3) is 0 Å². The van der Waals surface area contributed by atoms with Crippen molar-refractivity contribution in [3.05, 3.63) is 18.5 Å². The quantitative estimate of drug-likeness (QED) is 0.788. The van der Waals surface area contributed by atoms with Crippen LogP contribution in [-0.4, -0.2) is 44.1 Å². The Hall–Kier alpha value is -1.60. The lowest BCUT2D eigenvalue weighted by atomic mass is 10.4. The molecule has 0 fully saturated rings. The summed E-state index contributed by atoms with van der Waals surface area (Å²) in [5.41, 5.74) is 1.71. The van der Waals surface area contributed by atoms with Crippen LogP contribution in [0.25, 0.3) is 11.0 Å². The van der Waals surface area contributed by atoms with Crippen LogP contribution < -0.4 is 0 Å². The SMILES string of the molecule is CC(C)OCCn1c(SCC(=O)O)nc2cnccc21. The van der Waals surface area contributed by atoms with Crippen molar-refractivity contribution in [2.24, 2.45) is 0 Å². The van der Waals surface area contributed by atoms with E-state index >= 15 is 0 Å². The number of rotatable bonds is 7. The van der Waals surface area contributed by atoms with Gasteiger partial charge in [-0.05, 0) is 19.9 Å². The zero-order valence-corrected chi connectivity index (χ0v) is 12.3. The van der Waals surface area contributed by atoms with Crippen LogP contribution in [0.4, 0.5) is 0 Å². The van der Waals surface area contributed by atoms with Gasteiger partial charge in [0.15, 0.2) is 5.16 Å². The van der Waals surface area contributed by atoms with Gasteiger partial charge in [0.1, 0.15) is 5.52 Å². The number of aromatic nitrogens is 3. The largest absolute Gasteiger partial charge is 0.481 e. The van der Waals surface area contributed by atoms with Crippen LogP contribution >= 0.6 is 11.8 Å². The van der Waals surface area contributed by atoms with Crippen molar-refractivity contribution in [3.8, 4) is 0 Å². The minimum absolute atomic E-state index is 0.0121. The molecule has 7 heteroatoms. The summed E-state index contributed by atoms with van der Waals surface area (Å²) in [6, 6.07) is 1.88. The summed E-state index contributed by atoms with van der Waals surface area (Å²) in [6.45, 7) is 5.17. The third-order valence-corrected chi connectivity index (χ3v) is 3.57. The molecule has 0 spiro atoms. The number of nitrogens with zero attached hydrogens (tertiary/aromatic N) is 3. The van der Waals surface area contributed by atoms with Gasteiger partial charge in [-0.25, -0.2) is 4.98 Å². The maximum absolute atomic E-state index is 10.7. The second-order valence-electron chi connectivity index (χ2n) is 4.51. The molecule has 0 radical (unpaired) electrons. The first-order valence-corrected chi connectivity index (χ1v) is 7.33. The van der Waals surface area contributed by atoms with Crippen molar-refractivity contribution < 1.29 is 14.6 Å². The summed E-state index contributed by atoms with van der Waals surface area (Å²) in [4.78, 5) is 19.2. The van der Waals surface area contributed by atoms with E-state index in [1.54, 1.807) is 12.4 Å². The van der Waals surface area contributed by atoms with E-state index in [2.05, 4.69) is 9.97 Å². The lowest BCUT2D eigenvalue weighted by Gasteiger charge is -2.10. The fraction of sp³-hybridized carbons (Fsp3) is 0.462. The maximum atomic E-state index is 10.7. The van der Waals surface area contributed by atoms with Crippen molar-refractivity contribution in [1.82, 2.24) is 14.5 Å². The summed E-state index contributed by atoms with van der Waals surface area (Å²) in [7, 11) is 0. The zero-order valence-electron chi connectivity index (χ0n) is 11.4. The van der Waals surface area contributed by atoms with E-state index in [1.165, 1.54) is 11.8 Å². The van der Waals surface area contributed by atoms with E-state index in [9.17, 15) is 4.79 Å². The van der Waals surface area contributed by atoms with Gasteiger partial charge < -0.3 is 14.4 Å². The number of fused-ring (bicyclic) bond motifs is 1. The van der Waals surface area contributed by atoms with Crippen molar-refractivity contribution in [3.63, 3.8) is 0 Å². The maximum Gasteiger partial charge on any atom is 0.313 e. The molecule has 0 amide bonds. The molecule has 2 heterocycles. The topological polar surface area (TPSA) is 77.2 Å². The minimum atomic E-state index is -0.856. The molecule has 20 heavy (non-hydrogen) atoms. The molecule has 0 unspecified atom stereocenters. The fourth-order valence-electron chi connectivity index (χ4n) is 1.79. The highest BCUT2D eigenvalue weighted by Gasteiger charge is 2.12. The first kappa shape index (κ1) is 14.8. The first-order chi connectivity index (χ1) is 9.58. The Kier molecular flexibility index (Phi) is 4.97. The predicted octanol–water partition coefficient (Wildman–Crippen LogP) is 2.03. The molecule has 6 nitrogen and oxygen atoms in total. The summed E-state index contributed by atoms with van der Waals surface area (Å²) in [6.07, 6.45) is 3.55. The molecule has 2 rings (SSSR count). The number of hydrogen-bond acceptors (Lipinski definition) is 5. The first-order valence-electron chi connectivity index (χ1n) is 6.34. The van der Waals surface area contributed by atoms with Gasteiger partial charge in [-0.1, -0.05) is 11.8 Å². The Morgan fingerprint density at radius 2 is 2.35 bits per heavy atom. The molecule has 0 aliphatic carbocycles. The lowest BCUT2D eigenvalue weighted by molar-refractivity contribution is -0.133. The smallest absolute Gasteiger partial charge is 0.313 e. The molecular formula is C13H17N3O3S. The van der Waals surface area contributed by atoms with E-state index in [4.69, 9.17) is 9.84 Å². The van der Waals surface area contributed by atoms with Crippen LogP contribution in [0, 0.1) is 0 Å². The Labute approximate surface area is 121 Å². The molecule has 0 aliphatic rings. The number of hydrogen-bond donors (Lipinski definition) is 1. The van der Waals surface area contributed by atoms with Crippen LogP contribution in [-0.2, 0) is 16.1 Å². The summed E-state index contributed by atoms with van der Waals surface area (Å²) < 4.78 is 7.53. The van der Waals surface area contributed by atoms with Gasteiger partial charge in [-0.15, -0.1) is 0 Å². The number of carboxylic acids is 1. The lowest BCUT2D eigenvalue weighted by Crippen LogP contribution is -2.11. The molecule has 108 valence electrons. The highest BCUT2D eigenvalue weighted by Crippen LogP contribution is 2.23. The average Bonchev–Trinajstić information content (AvgIpc) is 2.74. The van der Waals surface area contributed by atoms with Gasteiger partial charge in [0.05, 0.1) is 30.2 Å². The van der Waals surface area contributed by atoms with E-state index < -0.39 is 5.97 Å². The highest BCUT2D eigenvalue weighted by molar-refractivity contribution is 7.99. The molecule has 0 aromatic carbocycles. The highest BCUT2D eigenvalue weighted by atomic mass is 32.2. The van der Waals surface area contributed by atoms with Gasteiger partial charge in [0.2, 0.25) is 0 Å². The molecule has 2 aromatic heterocycles. The van der Waals surface area contributed by atoms with Crippen molar-refractivity contribution in [2.45, 2.75) is 31.7 Å². The fourth-order valence-corrected chi connectivity index (χ4v) is 2.55. The summed E-state index contributed by atoms with van der Waals surface area (Å²) in [5.74, 6) is -0.868. The van der Waals surface area contributed by atoms with E-state index in [0.717, 1.165) is 11.0 Å². The summed E-state index contributed by atoms with van der Waals surface area (Å²) in [5, 5.41) is 9.48. The number of pyridine rings is 1. The number of carboxylic acid groups (broad SMARTS) is 1. The molecular weight excluding hydrogens is 278 g/mol. The summed E-state index contributed by atoms with van der Waals surface area (Å²) >= 11 is 1.21. The van der Waals surface area contributed by atoms with E-state index in [1.807, 2.05) is 24.5 Å². The molecule has 1 N–H and O–H groups in total. The third kappa shape index (κ3) is 3.71. The van der Waals surface area contributed by atoms with Crippen LogP contribution in [0.15, 0.2) is 23.6 Å². The molecule has 0 atom stereocenters. The second-order valence-corrected chi connectivity index (χ2v) is 5.45. The predicted molar refractivity (Wildman–Crippen MR) is 77.0 cm³/mol. The average molecular weight is 295 g/mol. The van der Waals surface area contributed by atoms with Gasteiger partial charge >= 0.3 is 5.97 Å². The van der Waals surface area contributed by atoms with Crippen LogP contribution in [0.1, 0.15) is 13.8 Å². The number of thioether (sulfide) groups is 1. The number of carbonyl (C=O) groups is 1. The molecule has 0 saturated heterocycles. The molecule has 2 aromatic rings. The zero-order chi connectivity index (χ0) is 14.5.